The molecule has 0 aromatic heterocycles. The largest absolute Gasteiger partial charge is 0.484 e. The molecular formula is C23H21N3O2. The summed E-state index contributed by atoms with van der Waals surface area (Å²) in [6.45, 7) is 0.623. The number of rotatable bonds is 7. The normalized spacial score (nSPS) is 10.0. The van der Waals surface area contributed by atoms with E-state index in [1.165, 1.54) is 5.56 Å². The van der Waals surface area contributed by atoms with E-state index in [-0.39, 0.29) is 12.5 Å². The molecule has 0 aliphatic carbocycles. The zero-order valence-electron chi connectivity index (χ0n) is 15.6. The van der Waals surface area contributed by atoms with Crippen molar-refractivity contribution in [2.75, 3.05) is 23.9 Å². The summed E-state index contributed by atoms with van der Waals surface area (Å²) in [5, 5.41) is 11.7. The van der Waals surface area contributed by atoms with Crippen LogP contribution in [0.5, 0.6) is 5.75 Å². The van der Waals surface area contributed by atoms with Crippen LogP contribution in [0.1, 0.15) is 11.1 Å². The summed E-state index contributed by atoms with van der Waals surface area (Å²) in [5.74, 6) is 0.300. The first-order valence-corrected chi connectivity index (χ1v) is 8.92. The number of benzene rings is 3. The van der Waals surface area contributed by atoms with E-state index < -0.39 is 0 Å². The number of nitrogens with one attached hydrogen (secondary N) is 1. The van der Waals surface area contributed by atoms with Gasteiger partial charge in [0, 0.05) is 13.6 Å². The Morgan fingerprint density at radius 3 is 2.39 bits per heavy atom. The molecule has 140 valence electrons. The summed E-state index contributed by atoms with van der Waals surface area (Å²) < 4.78 is 5.50. The molecule has 0 saturated carbocycles. The lowest BCUT2D eigenvalue weighted by molar-refractivity contribution is -0.118. The van der Waals surface area contributed by atoms with Gasteiger partial charge in [-0.15, -0.1) is 0 Å². The SMILES string of the molecule is CN(Cc1ccccc1)c1ccccc1NC(=O)COc1ccc(C#N)cc1. The molecule has 0 unspecified atom stereocenters. The van der Waals surface area contributed by atoms with Gasteiger partial charge in [-0.2, -0.15) is 5.26 Å². The summed E-state index contributed by atoms with van der Waals surface area (Å²) in [4.78, 5) is 14.4. The Morgan fingerprint density at radius 1 is 1.00 bits per heavy atom. The van der Waals surface area contributed by atoms with Crippen LogP contribution in [0.4, 0.5) is 11.4 Å². The van der Waals surface area contributed by atoms with Crippen molar-refractivity contribution in [2.24, 2.45) is 0 Å². The van der Waals surface area contributed by atoms with Gasteiger partial charge in [0.05, 0.1) is 23.0 Å². The molecule has 3 aromatic rings. The van der Waals surface area contributed by atoms with Crippen molar-refractivity contribution in [3.63, 3.8) is 0 Å². The summed E-state index contributed by atoms with van der Waals surface area (Å²) in [5.41, 5.74) is 3.40. The maximum absolute atomic E-state index is 12.3. The molecule has 3 rings (SSSR count). The van der Waals surface area contributed by atoms with E-state index in [1.54, 1.807) is 24.3 Å². The molecule has 0 fully saturated rings. The second-order valence-electron chi connectivity index (χ2n) is 6.33. The highest BCUT2D eigenvalue weighted by molar-refractivity contribution is 5.95. The van der Waals surface area contributed by atoms with Gasteiger partial charge in [0.15, 0.2) is 6.61 Å². The highest BCUT2D eigenvalue weighted by atomic mass is 16.5. The molecule has 0 aliphatic heterocycles. The van der Waals surface area contributed by atoms with Gasteiger partial charge in [-0.25, -0.2) is 0 Å². The average molecular weight is 371 g/mol. The minimum Gasteiger partial charge on any atom is -0.484 e. The number of nitrogens with zero attached hydrogens (tertiary/aromatic N) is 2. The third-order valence-electron chi connectivity index (χ3n) is 4.21. The van der Waals surface area contributed by atoms with Gasteiger partial charge in [0.1, 0.15) is 5.75 Å². The number of carbonyl (C=O) groups is 1. The number of hydrogen-bond donors (Lipinski definition) is 1. The van der Waals surface area contributed by atoms with Gasteiger partial charge in [-0.05, 0) is 42.0 Å². The van der Waals surface area contributed by atoms with Gasteiger partial charge in [-0.3, -0.25) is 4.79 Å². The van der Waals surface area contributed by atoms with Gasteiger partial charge in [0.25, 0.3) is 5.91 Å². The van der Waals surface area contributed by atoms with Gasteiger partial charge in [-0.1, -0.05) is 42.5 Å². The number of hydrogen-bond acceptors (Lipinski definition) is 4. The van der Waals surface area contributed by atoms with Crippen LogP contribution in [0.25, 0.3) is 0 Å². The van der Waals surface area contributed by atoms with Crippen LogP contribution in [0.3, 0.4) is 0 Å². The van der Waals surface area contributed by atoms with Crippen molar-refractivity contribution < 1.29 is 9.53 Å². The van der Waals surface area contributed by atoms with Gasteiger partial charge >= 0.3 is 0 Å². The topological polar surface area (TPSA) is 65.4 Å². The molecule has 5 nitrogen and oxygen atoms in total. The summed E-state index contributed by atoms with van der Waals surface area (Å²) >= 11 is 0. The third-order valence-corrected chi connectivity index (χ3v) is 4.21. The maximum Gasteiger partial charge on any atom is 0.262 e. The molecule has 1 amide bonds. The molecule has 0 atom stereocenters. The highest BCUT2D eigenvalue weighted by Crippen LogP contribution is 2.26. The van der Waals surface area contributed by atoms with Crippen molar-refractivity contribution in [1.29, 1.82) is 5.26 Å². The fraction of sp³-hybridized carbons (Fsp3) is 0.130. The second kappa shape index (κ2) is 9.24. The van der Waals surface area contributed by atoms with E-state index >= 15 is 0 Å². The minimum atomic E-state index is -0.245. The highest BCUT2D eigenvalue weighted by Gasteiger charge is 2.11. The fourth-order valence-corrected chi connectivity index (χ4v) is 2.82. The van der Waals surface area contributed by atoms with Crippen LogP contribution < -0.4 is 15.0 Å². The summed E-state index contributed by atoms with van der Waals surface area (Å²) in [6.07, 6.45) is 0. The number of para-hydroxylation sites is 2. The van der Waals surface area contributed by atoms with Crippen molar-refractivity contribution in [3.05, 3.63) is 90.0 Å². The van der Waals surface area contributed by atoms with Gasteiger partial charge in [0.2, 0.25) is 0 Å². The van der Waals surface area contributed by atoms with Crippen LogP contribution in [-0.2, 0) is 11.3 Å². The lowest BCUT2D eigenvalue weighted by Crippen LogP contribution is -2.23. The van der Waals surface area contributed by atoms with Crippen LogP contribution in [0.15, 0.2) is 78.9 Å². The molecule has 0 heterocycles. The van der Waals surface area contributed by atoms with Crippen molar-refractivity contribution in [2.45, 2.75) is 6.54 Å². The van der Waals surface area contributed by atoms with Gasteiger partial charge < -0.3 is 15.0 Å². The first kappa shape index (κ1) is 19.0. The predicted molar refractivity (Wildman–Crippen MR) is 110 cm³/mol. The molecule has 1 N–H and O–H groups in total. The molecule has 0 bridgehead atoms. The smallest absolute Gasteiger partial charge is 0.262 e. The molecule has 5 heteroatoms. The average Bonchev–Trinajstić information content (AvgIpc) is 2.73. The van der Waals surface area contributed by atoms with Crippen molar-refractivity contribution in [3.8, 4) is 11.8 Å². The van der Waals surface area contributed by atoms with E-state index in [4.69, 9.17) is 10.00 Å². The molecule has 0 aliphatic rings. The van der Waals surface area contributed by atoms with E-state index in [0.29, 0.717) is 11.3 Å². The second-order valence-corrected chi connectivity index (χ2v) is 6.33. The van der Waals surface area contributed by atoms with Crippen LogP contribution in [0.2, 0.25) is 0 Å². The third kappa shape index (κ3) is 5.12. The Morgan fingerprint density at radius 2 is 1.68 bits per heavy atom. The Balaban J connectivity index is 1.62. The van der Waals surface area contributed by atoms with E-state index in [1.807, 2.05) is 55.6 Å². The van der Waals surface area contributed by atoms with E-state index in [0.717, 1.165) is 17.9 Å². The number of anilines is 2. The summed E-state index contributed by atoms with van der Waals surface area (Å²) in [6, 6.07) is 26.5. The van der Waals surface area contributed by atoms with E-state index in [9.17, 15) is 4.79 Å². The molecule has 28 heavy (non-hydrogen) atoms. The van der Waals surface area contributed by atoms with Crippen LogP contribution in [-0.4, -0.2) is 19.6 Å². The Labute approximate surface area is 164 Å². The lowest BCUT2D eigenvalue weighted by atomic mass is 10.2. The zero-order valence-corrected chi connectivity index (χ0v) is 15.6. The summed E-state index contributed by atoms with van der Waals surface area (Å²) in [7, 11) is 1.99. The number of carbonyl (C=O) groups excluding carboxylic acids is 1. The minimum absolute atomic E-state index is 0.108. The van der Waals surface area contributed by atoms with Crippen LogP contribution in [0, 0.1) is 11.3 Å². The molecule has 0 spiro atoms. The monoisotopic (exact) mass is 371 g/mol. The standard InChI is InChI=1S/C23H21N3O2/c1-26(16-19-7-3-2-4-8-19)22-10-6-5-9-21(22)25-23(27)17-28-20-13-11-18(15-24)12-14-20/h2-14H,16-17H2,1H3,(H,25,27). The number of ether oxygens (including phenoxy) is 1. The van der Waals surface area contributed by atoms with Crippen LogP contribution >= 0.6 is 0 Å². The maximum atomic E-state index is 12.3. The molecule has 0 radical (unpaired) electrons. The fourth-order valence-electron chi connectivity index (χ4n) is 2.82. The first-order chi connectivity index (χ1) is 13.7. The van der Waals surface area contributed by atoms with E-state index in [2.05, 4.69) is 22.3 Å². The Hall–Kier alpha value is -3.78. The Kier molecular flexibility index (Phi) is 6.27. The van der Waals surface area contributed by atoms with Crippen molar-refractivity contribution >= 4 is 17.3 Å². The lowest BCUT2D eigenvalue weighted by Gasteiger charge is -2.23. The van der Waals surface area contributed by atoms with Crippen molar-refractivity contribution in [1.82, 2.24) is 0 Å². The number of amides is 1. The Bertz CT molecular complexity index is 963. The number of nitriles is 1. The first-order valence-electron chi connectivity index (χ1n) is 8.92. The molecule has 3 aromatic carbocycles. The zero-order chi connectivity index (χ0) is 19.8. The quantitative estimate of drug-likeness (QED) is 0.676. The predicted octanol–water partition coefficient (Wildman–Crippen LogP) is 4.21. The molecule has 0 saturated heterocycles. The molecular weight excluding hydrogens is 350 g/mol.